The Kier molecular flexibility index (Phi) is 5.67. The molecule has 1 atom stereocenters. The van der Waals surface area contributed by atoms with Crippen LogP contribution in [-0.2, 0) is 24.2 Å². The van der Waals surface area contributed by atoms with Crippen molar-refractivity contribution in [2.75, 3.05) is 0 Å². The van der Waals surface area contributed by atoms with Crippen LogP contribution < -0.4 is 5.32 Å². The molecule has 1 aromatic carbocycles. The monoisotopic (exact) mass is 298 g/mol. The van der Waals surface area contributed by atoms with Gasteiger partial charge in [0.05, 0.1) is 13.0 Å². The van der Waals surface area contributed by atoms with Gasteiger partial charge in [0.2, 0.25) is 5.91 Å². The van der Waals surface area contributed by atoms with E-state index in [1.165, 1.54) is 0 Å². The van der Waals surface area contributed by atoms with E-state index >= 15 is 0 Å². The number of benzene rings is 1. The van der Waals surface area contributed by atoms with Crippen molar-refractivity contribution in [3.8, 4) is 0 Å². The third-order valence-corrected chi connectivity index (χ3v) is 3.60. The molecule has 0 aliphatic heterocycles. The van der Waals surface area contributed by atoms with Crippen LogP contribution in [0.2, 0.25) is 0 Å². The summed E-state index contributed by atoms with van der Waals surface area (Å²) in [4.78, 5) is 16.4. The minimum atomic E-state index is -0.00201. The van der Waals surface area contributed by atoms with Crippen molar-refractivity contribution in [3.63, 3.8) is 0 Å². The quantitative estimate of drug-likeness (QED) is 0.859. The molecule has 2 aromatic rings. The van der Waals surface area contributed by atoms with Gasteiger partial charge in [-0.3, -0.25) is 9.78 Å². The fourth-order valence-corrected chi connectivity index (χ4v) is 2.35. The van der Waals surface area contributed by atoms with E-state index in [9.17, 15) is 4.79 Å². The minimum Gasteiger partial charge on any atom is -0.392 e. The van der Waals surface area contributed by atoms with E-state index in [1.54, 1.807) is 6.20 Å². The summed E-state index contributed by atoms with van der Waals surface area (Å²) in [6.07, 6.45) is 2.85. The van der Waals surface area contributed by atoms with Crippen molar-refractivity contribution in [2.45, 2.75) is 39.3 Å². The average Bonchev–Trinajstić information content (AvgIpc) is 2.50. The molecular weight excluding hydrogens is 276 g/mol. The van der Waals surface area contributed by atoms with E-state index in [2.05, 4.69) is 10.3 Å². The minimum absolute atomic E-state index is 0.00201. The first kappa shape index (κ1) is 16.2. The lowest BCUT2D eigenvalue weighted by molar-refractivity contribution is -0.121. The predicted molar refractivity (Wildman–Crippen MR) is 86.4 cm³/mol. The number of carbonyl (C=O) groups is 1. The second-order valence-corrected chi connectivity index (χ2v) is 5.59. The maximum Gasteiger partial charge on any atom is 0.224 e. The van der Waals surface area contributed by atoms with E-state index in [4.69, 9.17) is 5.11 Å². The first-order chi connectivity index (χ1) is 10.6. The molecule has 0 aliphatic rings. The molecular formula is C18H22N2O2. The van der Waals surface area contributed by atoms with Crippen molar-refractivity contribution >= 4 is 5.91 Å². The first-order valence-electron chi connectivity index (χ1n) is 7.47. The number of aromatic nitrogens is 1. The lowest BCUT2D eigenvalue weighted by Gasteiger charge is -2.14. The lowest BCUT2D eigenvalue weighted by Crippen LogP contribution is -2.35. The Hall–Kier alpha value is -2.20. The third-order valence-electron chi connectivity index (χ3n) is 3.60. The zero-order chi connectivity index (χ0) is 15.9. The lowest BCUT2D eigenvalue weighted by atomic mass is 10.1. The molecule has 0 bridgehead atoms. The number of nitrogens with zero attached hydrogens (tertiary/aromatic N) is 1. The average molecular weight is 298 g/mol. The van der Waals surface area contributed by atoms with E-state index in [0.29, 0.717) is 6.42 Å². The predicted octanol–water partition coefficient (Wildman–Crippen LogP) is 2.17. The van der Waals surface area contributed by atoms with Crippen LogP contribution in [0.4, 0.5) is 0 Å². The van der Waals surface area contributed by atoms with Gasteiger partial charge >= 0.3 is 0 Å². The number of aliphatic hydroxyl groups excluding tert-OH is 1. The third kappa shape index (κ3) is 4.67. The number of hydrogen-bond donors (Lipinski definition) is 2. The van der Waals surface area contributed by atoms with Crippen molar-refractivity contribution in [2.24, 2.45) is 0 Å². The van der Waals surface area contributed by atoms with Gasteiger partial charge in [-0.2, -0.15) is 0 Å². The molecule has 0 spiro atoms. The highest BCUT2D eigenvalue weighted by Gasteiger charge is 2.10. The number of rotatable bonds is 6. The largest absolute Gasteiger partial charge is 0.392 e. The molecule has 0 saturated heterocycles. The van der Waals surface area contributed by atoms with E-state index in [-0.39, 0.29) is 18.6 Å². The Labute approximate surface area is 131 Å². The smallest absolute Gasteiger partial charge is 0.224 e. The summed E-state index contributed by atoms with van der Waals surface area (Å²) in [5.74, 6) is -0.00201. The standard InChI is InChI=1S/C18H22N2O2/c1-13-4-3-9-19-17(13)10-14(2)20-18(22)11-15-5-7-16(12-21)8-6-15/h3-9,14,21H,10-12H2,1-2H3,(H,20,22)/t14-/m0/s1. The Morgan fingerprint density at radius 3 is 2.55 bits per heavy atom. The highest BCUT2D eigenvalue weighted by Crippen LogP contribution is 2.08. The van der Waals surface area contributed by atoms with Crippen LogP contribution in [0.3, 0.4) is 0 Å². The SMILES string of the molecule is Cc1cccnc1C[C@H](C)NC(=O)Cc1ccc(CO)cc1. The molecule has 0 radical (unpaired) electrons. The molecule has 116 valence electrons. The number of hydrogen-bond acceptors (Lipinski definition) is 3. The number of amides is 1. The highest BCUT2D eigenvalue weighted by atomic mass is 16.3. The van der Waals surface area contributed by atoms with Gasteiger partial charge in [-0.05, 0) is 36.6 Å². The summed E-state index contributed by atoms with van der Waals surface area (Å²) in [6, 6.07) is 11.4. The normalized spacial score (nSPS) is 12.0. The van der Waals surface area contributed by atoms with E-state index in [1.807, 2.05) is 50.2 Å². The first-order valence-corrected chi connectivity index (χ1v) is 7.47. The molecule has 0 fully saturated rings. The fourth-order valence-electron chi connectivity index (χ4n) is 2.35. The van der Waals surface area contributed by atoms with Crippen molar-refractivity contribution in [1.29, 1.82) is 0 Å². The molecule has 0 aliphatic carbocycles. The maximum atomic E-state index is 12.1. The summed E-state index contributed by atoms with van der Waals surface area (Å²) in [5.41, 5.74) is 3.95. The Balaban J connectivity index is 1.87. The van der Waals surface area contributed by atoms with Crippen molar-refractivity contribution < 1.29 is 9.90 Å². The molecule has 1 amide bonds. The molecule has 1 heterocycles. The maximum absolute atomic E-state index is 12.1. The molecule has 1 aromatic heterocycles. The van der Waals surface area contributed by atoms with E-state index in [0.717, 1.165) is 28.8 Å². The summed E-state index contributed by atoms with van der Waals surface area (Å²) >= 11 is 0. The molecule has 22 heavy (non-hydrogen) atoms. The molecule has 2 N–H and O–H groups in total. The van der Waals surface area contributed by atoms with Crippen LogP contribution in [0.1, 0.15) is 29.3 Å². The zero-order valence-corrected chi connectivity index (χ0v) is 13.0. The number of carbonyl (C=O) groups excluding carboxylic acids is 1. The van der Waals surface area contributed by atoms with Crippen LogP contribution in [0.25, 0.3) is 0 Å². The van der Waals surface area contributed by atoms with Gasteiger partial charge in [0.25, 0.3) is 0 Å². The summed E-state index contributed by atoms with van der Waals surface area (Å²) in [7, 11) is 0. The molecule has 0 unspecified atom stereocenters. The van der Waals surface area contributed by atoms with Crippen LogP contribution in [0.5, 0.6) is 0 Å². The summed E-state index contributed by atoms with van der Waals surface area (Å²) < 4.78 is 0. The molecule has 4 heteroatoms. The van der Waals surface area contributed by atoms with Crippen LogP contribution in [-0.4, -0.2) is 22.0 Å². The van der Waals surface area contributed by atoms with Gasteiger partial charge in [0.1, 0.15) is 0 Å². The Morgan fingerprint density at radius 1 is 1.23 bits per heavy atom. The molecule has 0 saturated carbocycles. The van der Waals surface area contributed by atoms with E-state index < -0.39 is 0 Å². The number of pyridine rings is 1. The molecule has 4 nitrogen and oxygen atoms in total. The molecule has 2 rings (SSSR count). The highest BCUT2D eigenvalue weighted by molar-refractivity contribution is 5.78. The topological polar surface area (TPSA) is 62.2 Å². The van der Waals surface area contributed by atoms with Gasteiger partial charge in [0, 0.05) is 24.4 Å². The van der Waals surface area contributed by atoms with Gasteiger partial charge in [-0.15, -0.1) is 0 Å². The summed E-state index contributed by atoms with van der Waals surface area (Å²) in [6.45, 7) is 4.04. The van der Waals surface area contributed by atoms with Gasteiger partial charge < -0.3 is 10.4 Å². The van der Waals surface area contributed by atoms with Crippen LogP contribution >= 0.6 is 0 Å². The van der Waals surface area contributed by atoms with Crippen LogP contribution in [0, 0.1) is 6.92 Å². The number of nitrogens with one attached hydrogen (secondary N) is 1. The Morgan fingerprint density at radius 2 is 1.91 bits per heavy atom. The zero-order valence-electron chi connectivity index (χ0n) is 13.0. The Bertz CT molecular complexity index is 623. The van der Waals surface area contributed by atoms with Gasteiger partial charge in [-0.25, -0.2) is 0 Å². The van der Waals surface area contributed by atoms with Crippen LogP contribution in [0.15, 0.2) is 42.6 Å². The number of aliphatic hydroxyl groups is 1. The van der Waals surface area contributed by atoms with Crippen molar-refractivity contribution in [3.05, 3.63) is 65.0 Å². The fraction of sp³-hybridized carbons (Fsp3) is 0.333. The second kappa shape index (κ2) is 7.71. The van der Waals surface area contributed by atoms with Gasteiger partial charge in [0.15, 0.2) is 0 Å². The number of aryl methyl sites for hydroxylation is 1. The van der Waals surface area contributed by atoms with Gasteiger partial charge in [-0.1, -0.05) is 30.3 Å². The second-order valence-electron chi connectivity index (χ2n) is 5.59. The summed E-state index contributed by atoms with van der Waals surface area (Å²) in [5, 5.41) is 12.0. The van der Waals surface area contributed by atoms with Crippen molar-refractivity contribution in [1.82, 2.24) is 10.3 Å².